The Morgan fingerprint density at radius 3 is 2.50 bits per heavy atom. The summed E-state index contributed by atoms with van der Waals surface area (Å²) in [6.45, 7) is 9.31. The van der Waals surface area contributed by atoms with Crippen LogP contribution in [0.25, 0.3) is 0 Å². The van der Waals surface area contributed by atoms with Crippen LogP contribution in [-0.2, 0) is 0 Å². The number of nitrogens with zero attached hydrogens (tertiary/aromatic N) is 1. The first-order valence-electron chi connectivity index (χ1n) is 6.30. The molecule has 0 aliphatic rings. The highest BCUT2D eigenvalue weighted by Crippen LogP contribution is 2.28. The fourth-order valence-electron chi connectivity index (χ4n) is 1.79. The maximum atomic E-state index is 5.66. The van der Waals surface area contributed by atoms with Crippen molar-refractivity contribution in [1.29, 1.82) is 0 Å². The first-order chi connectivity index (χ1) is 7.83. The van der Waals surface area contributed by atoms with Gasteiger partial charge in [0.05, 0.1) is 12.3 Å². The first kappa shape index (κ1) is 12.9. The van der Waals surface area contributed by atoms with Gasteiger partial charge in [0.25, 0.3) is 0 Å². The third-order valence-corrected chi connectivity index (χ3v) is 2.67. The second-order valence-corrected chi connectivity index (χ2v) is 3.83. The van der Waals surface area contributed by atoms with Crippen molar-refractivity contribution in [3.63, 3.8) is 0 Å². The van der Waals surface area contributed by atoms with Gasteiger partial charge in [-0.3, -0.25) is 0 Å². The summed E-state index contributed by atoms with van der Waals surface area (Å²) in [6, 6.07) is 8.30. The molecule has 0 radical (unpaired) electrons. The summed E-state index contributed by atoms with van der Waals surface area (Å²) in [5.74, 6) is 1.00. The zero-order valence-corrected chi connectivity index (χ0v) is 10.7. The molecule has 0 aliphatic heterocycles. The van der Waals surface area contributed by atoms with Crippen molar-refractivity contribution < 1.29 is 4.74 Å². The summed E-state index contributed by atoms with van der Waals surface area (Å²) >= 11 is 0. The number of hydrogen-bond acceptors (Lipinski definition) is 2. The van der Waals surface area contributed by atoms with Gasteiger partial charge in [0.1, 0.15) is 5.75 Å². The molecular weight excluding hydrogens is 198 g/mol. The van der Waals surface area contributed by atoms with Crippen LogP contribution < -0.4 is 9.64 Å². The fourth-order valence-corrected chi connectivity index (χ4v) is 1.79. The van der Waals surface area contributed by atoms with Crippen LogP contribution in [-0.4, -0.2) is 19.7 Å². The average Bonchev–Trinajstić information content (AvgIpc) is 2.32. The molecule has 0 aromatic heterocycles. The Morgan fingerprint density at radius 1 is 1.12 bits per heavy atom. The summed E-state index contributed by atoms with van der Waals surface area (Å²) in [7, 11) is 0. The summed E-state index contributed by atoms with van der Waals surface area (Å²) in [4.78, 5) is 2.38. The van der Waals surface area contributed by atoms with Gasteiger partial charge in [0.2, 0.25) is 0 Å². The number of unbranched alkanes of at least 4 members (excludes halogenated alkanes) is 1. The molecule has 0 fully saturated rings. The van der Waals surface area contributed by atoms with E-state index in [1.54, 1.807) is 0 Å². The number of para-hydroxylation sites is 2. The van der Waals surface area contributed by atoms with E-state index in [1.807, 2.05) is 19.1 Å². The zero-order valence-electron chi connectivity index (χ0n) is 10.7. The van der Waals surface area contributed by atoms with Gasteiger partial charge in [0.15, 0.2) is 0 Å². The third-order valence-electron chi connectivity index (χ3n) is 2.67. The summed E-state index contributed by atoms with van der Waals surface area (Å²) < 4.78 is 5.66. The largest absolute Gasteiger partial charge is 0.492 e. The molecule has 0 saturated heterocycles. The zero-order chi connectivity index (χ0) is 11.8. The lowest BCUT2D eigenvalue weighted by Gasteiger charge is -2.25. The van der Waals surface area contributed by atoms with E-state index >= 15 is 0 Å². The quantitative estimate of drug-likeness (QED) is 0.696. The van der Waals surface area contributed by atoms with E-state index in [1.165, 1.54) is 18.5 Å². The fraction of sp³-hybridized carbons (Fsp3) is 0.571. The van der Waals surface area contributed by atoms with Crippen LogP contribution in [0.15, 0.2) is 24.3 Å². The molecule has 1 aromatic carbocycles. The minimum Gasteiger partial charge on any atom is -0.492 e. The van der Waals surface area contributed by atoms with Crippen LogP contribution in [0.4, 0.5) is 5.69 Å². The minimum absolute atomic E-state index is 0.725. The van der Waals surface area contributed by atoms with Gasteiger partial charge in [-0.15, -0.1) is 0 Å². The van der Waals surface area contributed by atoms with E-state index in [0.717, 1.165) is 25.4 Å². The van der Waals surface area contributed by atoms with Crippen LogP contribution >= 0.6 is 0 Å². The monoisotopic (exact) mass is 221 g/mol. The predicted molar refractivity (Wildman–Crippen MR) is 70.4 cm³/mol. The van der Waals surface area contributed by atoms with Crippen molar-refractivity contribution in [3.05, 3.63) is 24.3 Å². The van der Waals surface area contributed by atoms with Crippen molar-refractivity contribution in [3.8, 4) is 5.75 Å². The molecule has 0 bridgehead atoms. The Kier molecular flexibility index (Phi) is 5.76. The first-order valence-corrected chi connectivity index (χ1v) is 6.30. The van der Waals surface area contributed by atoms with Gasteiger partial charge in [-0.1, -0.05) is 25.5 Å². The molecule has 0 saturated carbocycles. The Labute approximate surface area is 99.2 Å². The van der Waals surface area contributed by atoms with Crippen molar-refractivity contribution in [1.82, 2.24) is 0 Å². The molecule has 0 atom stereocenters. The van der Waals surface area contributed by atoms with Crippen molar-refractivity contribution >= 4 is 5.69 Å². The van der Waals surface area contributed by atoms with Gasteiger partial charge in [-0.05, 0) is 32.4 Å². The Morgan fingerprint density at radius 2 is 1.88 bits per heavy atom. The normalized spacial score (nSPS) is 10.2. The molecule has 16 heavy (non-hydrogen) atoms. The average molecular weight is 221 g/mol. The molecule has 0 heterocycles. The topological polar surface area (TPSA) is 12.5 Å². The van der Waals surface area contributed by atoms with Crippen LogP contribution in [0.2, 0.25) is 0 Å². The smallest absolute Gasteiger partial charge is 0.142 e. The molecule has 0 amide bonds. The van der Waals surface area contributed by atoms with Gasteiger partial charge in [0, 0.05) is 13.1 Å². The lowest BCUT2D eigenvalue weighted by atomic mass is 10.2. The molecular formula is C14H23NO. The van der Waals surface area contributed by atoms with Crippen LogP contribution in [0.1, 0.15) is 33.6 Å². The molecule has 2 heteroatoms. The standard InChI is InChI=1S/C14H23NO/c1-4-7-12-15(5-2)13-10-8-9-11-14(13)16-6-3/h8-11H,4-7,12H2,1-3H3. The van der Waals surface area contributed by atoms with E-state index in [-0.39, 0.29) is 0 Å². The number of benzene rings is 1. The Balaban J connectivity index is 2.81. The van der Waals surface area contributed by atoms with E-state index in [2.05, 4.69) is 30.9 Å². The maximum Gasteiger partial charge on any atom is 0.142 e. The Hall–Kier alpha value is -1.18. The number of rotatable bonds is 7. The van der Waals surface area contributed by atoms with E-state index < -0.39 is 0 Å². The van der Waals surface area contributed by atoms with Crippen LogP contribution in [0.5, 0.6) is 5.75 Å². The summed E-state index contributed by atoms with van der Waals surface area (Å²) in [6.07, 6.45) is 2.46. The van der Waals surface area contributed by atoms with Crippen LogP contribution in [0, 0.1) is 0 Å². The Bertz CT molecular complexity index is 299. The molecule has 0 unspecified atom stereocenters. The van der Waals surface area contributed by atoms with Crippen molar-refractivity contribution in [2.45, 2.75) is 33.6 Å². The third kappa shape index (κ3) is 3.44. The molecule has 1 rings (SSSR count). The van der Waals surface area contributed by atoms with Crippen molar-refractivity contribution in [2.75, 3.05) is 24.6 Å². The molecule has 90 valence electrons. The highest BCUT2D eigenvalue weighted by atomic mass is 16.5. The van der Waals surface area contributed by atoms with Gasteiger partial charge in [-0.2, -0.15) is 0 Å². The number of ether oxygens (including phenoxy) is 1. The van der Waals surface area contributed by atoms with Crippen LogP contribution in [0.3, 0.4) is 0 Å². The van der Waals surface area contributed by atoms with Crippen molar-refractivity contribution in [2.24, 2.45) is 0 Å². The SMILES string of the molecule is CCCCN(CC)c1ccccc1OCC. The highest BCUT2D eigenvalue weighted by Gasteiger charge is 2.09. The summed E-state index contributed by atoms with van der Waals surface area (Å²) in [5, 5.41) is 0. The van der Waals surface area contributed by atoms with E-state index in [9.17, 15) is 0 Å². The van der Waals surface area contributed by atoms with Gasteiger partial charge < -0.3 is 9.64 Å². The molecule has 0 spiro atoms. The minimum atomic E-state index is 0.725. The lowest BCUT2D eigenvalue weighted by Crippen LogP contribution is -2.24. The predicted octanol–water partition coefficient (Wildman–Crippen LogP) is 3.71. The molecule has 1 aromatic rings. The molecule has 0 aliphatic carbocycles. The molecule has 2 nitrogen and oxygen atoms in total. The number of anilines is 1. The second kappa shape index (κ2) is 7.15. The lowest BCUT2D eigenvalue weighted by molar-refractivity contribution is 0.340. The maximum absolute atomic E-state index is 5.66. The van der Waals surface area contributed by atoms with E-state index in [4.69, 9.17) is 4.74 Å². The summed E-state index contributed by atoms with van der Waals surface area (Å²) in [5.41, 5.74) is 1.22. The molecule has 0 N–H and O–H groups in total. The number of hydrogen-bond donors (Lipinski definition) is 0. The van der Waals surface area contributed by atoms with Gasteiger partial charge in [-0.25, -0.2) is 0 Å². The second-order valence-electron chi connectivity index (χ2n) is 3.83. The van der Waals surface area contributed by atoms with Gasteiger partial charge >= 0.3 is 0 Å². The highest BCUT2D eigenvalue weighted by molar-refractivity contribution is 5.58. The van der Waals surface area contributed by atoms with E-state index in [0.29, 0.717) is 0 Å².